The summed E-state index contributed by atoms with van der Waals surface area (Å²) in [6.07, 6.45) is 4.86. The Morgan fingerprint density at radius 3 is 2.63 bits per heavy atom. The zero-order valence-corrected chi connectivity index (χ0v) is 18.9. The third-order valence-corrected chi connectivity index (χ3v) is 5.08. The minimum atomic E-state index is 0. The maximum atomic E-state index is 4.45. The van der Waals surface area contributed by atoms with Crippen LogP contribution in [-0.2, 0) is 13.0 Å². The van der Waals surface area contributed by atoms with E-state index in [4.69, 9.17) is 0 Å². The number of para-hydroxylation sites is 1. The van der Waals surface area contributed by atoms with E-state index in [0.717, 1.165) is 41.9 Å². The summed E-state index contributed by atoms with van der Waals surface area (Å²) in [5.74, 6) is 0.797. The van der Waals surface area contributed by atoms with Crippen LogP contribution in [0.2, 0.25) is 0 Å². The number of aryl methyl sites for hydroxylation is 2. The molecule has 3 aromatic rings. The van der Waals surface area contributed by atoms with Crippen molar-refractivity contribution < 1.29 is 0 Å². The number of guanidine groups is 1. The van der Waals surface area contributed by atoms with Gasteiger partial charge in [-0.25, -0.2) is 9.67 Å². The number of halogens is 1. The summed E-state index contributed by atoms with van der Waals surface area (Å²) in [6.45, 7) is 5.61. The summed E-state index contributed by atoms with van der Waals surface area (Å²) >= 11 is 1.72. The molecule has 0 saturated carbocycles. The van der Waals surface area contributed by atoms with Crippen LogP contribution in [0.25, 0.3) is 5.69 Å². The molecule has 8 heteroatoms. The van der Waals surface area contributed by atoms with Gasteiger partial charge in [-0.2, -0.15) is 5.10 Å². The lowest BCUT2D eigenvalue weighted by atomic mass is 10.2. The van der Waals surface area contributed by atoms with Gasteiger partial charge in [0.1, 0.15) is 0 Å². The molecule has 1 aromatic carbocycles. The van der Waals surface area contributed by atoms with Crippen molar-refractivity contribution in [1.82, 2.24) is 25.4 Å². The number of benzene rings is 1. The quantitative estimate of drug-likeness (QED) is 0.312. The maximum Gasteiger partial charge on any atom is 0.191 e. The molecule has 0 amide bonds. The van der Waals surface area contributed by atoms with Crippen LogP contribution >= 0.6 is 35.3 Å². The Morgan fingerprint density at radius 2 is 1.96 bits per heavy atom. The third-order valence-electron chi connectivity index (χ3n) is 4.00. The van der Waals surface area contributed by atoms with Gasteiger partial charge in [0.15, 0.2) is 5.96 Å². The van der Waals surface area contributed by atoms with E-state index in [1.54, 1.807) is 18.4 Å². The van der Waals surface area contributed by atoms with E-state index in [9.17, 15) is 0 Å². The molecule has 0 fully saturated rings. The van der Waals surface area contributed by atoms with Gasteiger partial charge in [0.25, 0.3) is 0 Å². The van der Waals surface area contributed by atoms with Gasteiger partial charge in [0, 0.05) is 24.7 Å². The highest BCUT2D eigenvalue weighted by atomic mass is 127. The minimum absolute atomic E-state index is 0. The molecule has 0 aliphatic carbocycles. The molecular weight excluding hydrogens is 471 g/mol. The second-order valence-corrected chi connectivity index (χ2v) is 7.26. The number of hydrogen-bond acceptors (Lipinski definition) is 4. The zero-order chi connectivity index (χ0) is 18.4. The standard InChI is InChI=1S/C19H24N6S.HI/c1-14-18(26-15(2)24-14)12-22-19(20-3)21-10-9-16-11-23-25(13-16)17-7-5-4-6-8-17;/h4-8,11,13H,9-10,12H2,1-3H3,(H2,20,21,22);1H. The molecule has 2 N–H and O–H groups in total. The van der Waals surface area contributed by atoms with Gasteiger partial charge in [-0.05, 0) is 38.0 Å². The third kappa shape index (κ3) is 6.03. The van der Waals surface area contributed by atoms with E-state index in [1.165, 1.54) is 10.4 Å². The monoisotopic (exact) mass is 496 g/mol. The Bertz CT molecular complexity index is 871. The molecule has 3 rings (SSSR count). The average Bonchev–Trinajstić information content (AvgIpc) is 3.25. The fraction of sp³-hybridized carbons (Fsp3) is 0.316. The molecule has 0 aliphatic heterocycles. The summed E-state index contributed by atoms with van der Waals surface area (Å²) < 4.78 is 1.90. The van der Waals surface area contributed by atoms with Crippen LogP contribution in [0.1, 0.15) is 21.1 Å². The first kappa shape index (κ1) is 21.4. The predicted octanol–water partition coefficient (Wildman–Crippen LogP) is 3.47. The number of aromatic nitrogens is 3. The first-order chi connectivity index (χ1) is 12.7. The molecule has 0 saturated heterocycles. The molecular formula is C19H25IN6S. The highest BCUT2D eigenvalue weighted by Gasteiger charge is 2.06. The van der Waals surface area contributed by atoms with Crippen molar-refractivity contribution >= 4 is 41.3 Å². The average molecular weight is 496 g/mol. The summed E-state index contributed by atoms with van der Waals surface area (Å²) in [7, 11) is 1.79. The second-order valence-electron chi connectivity index (χ2n) is 5.97. The molecule has 0 bridgehead atoms. The van der Waals surface area contributed by atoms with Crippen LogP contribution in [0.3, 0.4) is 0 Å². The van der Waals surface area contributed by atoms with Crippen LogP contribution in [-0.4, -0.2) is 34.3 Å². The number of nitrogens with one attached hydrogen (secondary N) is 2. The van der Waals surface area contributed by atoms with Crippen LogP contribution in [0.5, 0.6) is 0 Å². The number of nitrogens with zero attached hydrogens (tertiary/aromatic N) is 4. The topological polar surface area (TPSA) is 67.1 Å². The van der Waals surface area contributed by atoms with E-state index in [-0.39, 0.29) is 24.0 Å². The molecule has 0 unspecified atom stereocenters. The molecule has 2 aromatic heterocycles. The van der Waals surface area contributed by atoms with Crippen LogP contribution < -0.4 is 10.6 Å². The molecule has 6 nitrogen and oxygen atoms in total. The summed E-state index contributed by atoms with van der Waals surface area (Å²) in [6, 6.07) is 10.1. The molecule has 0 spiro atoms. The Kier molecular flexibility index (Phi) is 8.23. The highest BCUT2D eigenvalue weighted by molar-refractivity contribution is 14.0. The number of rotatable bonds is 6. The second kappa shape index (κ2) is 10.4. The van der Waals surface area contributed by atoms with Crippen LogP contribution in [0.15, 0.2) is 47.7 Å². The largest absolute Gasteiger partial charge is 0.356 e. The Labute approximate surface area is 181 Å². The van der Waals surface area contributed by atoms with E-state index >= 15 is 0 Å². The molecule has 0 radical (unpaired) electrons. The van der Waals surface area contributed by atoms with E-state index < -0.39 is 0 Å². The summed E-state index contributed by atoms with van der Waals surface area (Å²) in [4.78, 5) is 9.98. The van der Waals surface area contributed by atoms with Crippen molar-refractivity contribution in [3.63, 3.8) is 0 Å². The van der Waals surface area contributed by atoms with Crippen molar-refractivity contribution in [2.24, 2.45) is 4.99 Å². The lowest BCUT2D eigenvalue weighted by Gasteiger charge is -2.10. The van der Waals surface area contributed by atoms with Crippen molar-refractivity contribution in [2.45, 2.75) is 26.8 Å². The molecule has 0 aliphatic rings. The van der Waals surface area contributed by atoms with Crippen molar-refractivity contribution in [3.05, 3.63) is 63.9 Å². The smallest absolute Gasteiger partial charge is 0.191 e. The molecule has 0 atom stereocenters. The summed E-state index contributed by atoms with van der Waals surface area (Å²) in [5.41, 5.74) is 3.34. The highest BCUT2D eigenvalue weighted by Crippen LogP contribution is 2.16. The van der Waals surface area contributed by atoms with Gasteiger partial charge in [0.2, 0.25) is 0 Å². The van der Waals surface area contributed by atoms with Gasteiger partial charge >= 0.3 is 0 Å². The zero-order valence-electron chi connectivity index (χ0n) is 15.8. The molecule has 27 heavy (non-hydrogen) atoms. The summed E-state index contributed by atoms with van der Waals surface area (Å²) in [5, 5.41) is 12.2. The lowest BCUT2D eigenvalue weighted by Crippen LogP contribution is -2.37. The normalized spacial score (nSPS) is 11.1. The number of thiazole rings is 1. The lowest BCUT2D eigenvalue weighted by molar-refractivity contribution is 0.796. The fourth-order valence-corrected chi connectivity index (χ4v) is 3.54. The first-order valence-corrected chi connectivity index (χ1v) is 9.44. The predicted molar refractivity (Wildman–Crippen MR) is 122 cm³/mol. The Morgan fingerprint density at radius 1 is 1.19 bits per heavy atom. The van der Waals surface area contributed by atoms with Crippen molar-refractivity contribution in [2.75, 3.05) is 13.6 Å². The van der Waals surface area contributed by atoms with Gasteiger partial charge < -0.3 is 10.6 Å². The fourth-order valence-electron chi connectivity index (χ4n) is 2.66. The van der Waals surface area contributed by atoms with Gasteiger partial charge in [-0.1, -0.05) is 18.2 Å². The maximum absolute atomic E-state index is 4.45. The van der Waals surface area contributed by atoms with Crippen molar-refractivity contribution in [1.29, 1.82) is 0 Å². The number of aliphatic imine (C=N–C) groups is 1. The van der Waals surface area contributed by atoms with Crippen molar-refractivity contribution in [3.8, 4) is 5.69 Å². The Balaban J connectivity index is 0.00000261. The van der Waals surface area contributed by atoms with Crippen LogP contribution in [0, 0.1) is 13.8 Å². The van der Waals surface area contributed by atoms with Gasteiger partial charge in [-0.3, -0.25) is 4.99 Å². The molecule has 144 valence electrons. The minimum Gasteiger partial charge on any atom is -0.356 e. The van der Waals surface area contributed by atoms with E-state index in [2.05, 4.69) is 31.9 Å². The SMILES string of the molecule is CN=C(NCCc1cnn(-c2ccccc2)c1)NCc1sc(C)nc1C.I. The van der Waals surface area contributed by atoms with E-state index in [1.807, 2.05) is 55.1 Å². The Hall–Kier alpha value is -1.94. The molecule has 2 heterocycles. The van der Waals surface area contributed by atoms with Gasteiger partial charge in [-0.15, -0.1) is 35.3 Å². The van der Waals surface area contributed by atoms with Gasteiger partial charge in [0.05, 0.1) is 29.1 Å². The van der Waals surface area contributed by atoms with E-state index in [0.29, 0.717) is 0 Å². The van der Waals surface area contributed by atoms with Crippen LogP contribution in [0.4, 0.5) is 0 Å². The number of hydrogen-bond donors (Lipinski definition) is 2. The first-order valence-electron chi connectivity index (χ1n) is 8.62.